The van der Waals surface area contributed by atoms with Crippen LogP contribution in [0.4, 0.5) is 0 Å². The first kappa shape index (κ1) is 16.7. The number of hydrogen-bond donors (Lipinski definition) is 0. The quantitative estimate of drug-likeness (QED) is 0.573. The van der Waals surface area contributed by atoms with Crippen molar-refractivity contribution in [2.75, 3.05) is 0 Å². The molecule has 4 heteroatoms. The molecule has 3 rings (SSSR count). The zero-order valence-electron chi connectivity index (χ0n) is 14.9. The van der Waals surface area contributed by atoms with Gasteiger partial charge in [0, 0.05) is 17.6 Å². The first-order valence-electron chi connectivity index (χ1n) is 8.48. The van der Waals surface area contributed by atoms with Crippen molar-refractivity contribution in [1.82, 2.24) is 0 Å². The Balaban J connectivity index is 2.02. The van der Waals surface area contributed by atoms with E-state index < -0.39 is 0 Å². The van der Waals surface area contributed by atoms with Gasteiger partial charge >= 0.3 is 11.9 Å². The van der Waals surface area contributed by atoms with Gasteiger partial charge in [0.05, 0.1) is 11.8 Å². The molecule has 3 aliphatic rings. The van der Waals surface area contributed by atoms with E-state index >= 15 is 0 Å². The lowest BCUT2D eigenvalue weighted by Crippen LogP contribution is -2.35. The van der Waals surface area contributed by atoms with E-state index in [1.54, 1.807) is 13.0 Å². The normalized spacial score (nSPS) is 32.5. The van der Waals surface area contributed by atoms with Crippen LogP contribution in [0.3, 0.4) is 0 Å². The van der Waals surface area contributed by atoms with E-state index in [-0.39, 0.29) is 36.0 Å². The molecule has 0 aromatic rings. The summed E-state index contributed by atoms with van der Waals surface area (Å²) in [5, 5.41) is 0. The molecule has 24 heavy (non-hydrogen) atoms. The predicted octanol–water partition coefficient (Wildman–Crippen LogP) is 3.65. The van der Waals surface area contributed by atoms with E-state index in [9.17, 15) is 9.59 Å². The highest BCUT2D eigenvalue weighted by Gasteiger charge is 2.51. The zero-order chi connectivity index (χ0) is 17.6. The van der Waals surface area contributed by atoms with Crippen molar-refractivity contribution in [3.8, 4) is 0 Å². The molecule has 1 aliphatic heterocycles. The van der Waals surface area contributed by atoms with Gasteiger partial charge in [-0.15, -0.1) is 0 Å². The lowest BCUT2D eigenvalue weighted by Gasteiger charge is -2.27. The third-order valence-electron chi connectivity index (χ3n) is 5.45. The molecule has 0 radical (unpaired) electrons. The van der Waals surface area contributed by atoms with Crippen molar-refractivity contribution in [1.29, 1.82) is 0 Å². The Morgan fingerprint density at radius 2 is 2.04 bits per heavy atom. The van der Waals surface area contributed by atoms with Gasteiger partial charge in [-0.3, -0.25) is 4.79 Å². The van der Waals surface area contributed by atoms with Crippen molar-refractivity contribution in [2.45, 2.75) is 53.2 Å². The molecule has 0 N–H and O–H groups in total. The van der Waals surface area contributed by atoms with Gasteiger partial charge in [0.25, 0.3) is 0 Å². The molecule has 1 saturated heterocycles. The third kappa shape index (κ3) is 2.54. The summed E-state index contributed by atoms with van der Waals surface area (Å²) < 4.78 is 11.5. The predicted molar refractivity (Wildman–Crippen MR) is 91.0 cm³/mol. The number of hydrogen-bond acceptors (Lipinski definition) is 4. The second kappa shape index (κ2) is 6.08. The van der Waals surface area contributed by atoms with Crippen molar-refractivity contribution in [3.05, 3.63) is 46.1 Å². The largest absolute Gasteiger partial charge is 0.458 e. The van der Waals surface area contributed by atoms with Gasteiger partial charge in [0.2, 0.25) is 0 Å². The molecule has 0 saturated carbocycles. The number of carbonyl (C=O) groups excluding carboxylic acids is 2. The number of ether oxygens (including phenoxy) is 2. The molecule has 0 amide bonds. The lowest BCUT2D eigenvalue weighted by molar-refractivity contribution is -0.148. The summed E-state index contributed by atoms with van der Waals surface area (Å²) in [7, 11) is 0. The minimum absolute atomic E-state index is 0.150. The summed E-state index contributed by atoms with van der Waals surface area (Å²) in [6, 6.07) is 0. The number of rotatable bonds is 2. The molecule has 2 aliphatic carbocycles. The van der Waals surface area contributed by atoms with Crippen LogP contribution in [-0.2, 0) is 19.1 Å². The Labute approximate surface area is 142 Å². The van der Waals surface area contributed by atoms with Crippen LogP contribution in [0.15, 0.2) is 46.1 Å². The van der Waals surface area contributed by atoms with Crippen molar-refractivity contribution < 1.29 is 19.1 Å². The fourth-order valence-electron chi connectivity index (χ4n) is 3.87. The maximum Gasteiger partial charge on any atom is 0.333 e. The van der Waals surface area contributed by atoms with Crippen LogP contribution in [0.5, 0.6) is 0 Å². The van der Waals surface area contributed by atoms with E-state index in [1.165, 1.54) is 5.57 Å². The van der Waals surface area contributed by atoms with Crippen LogP contribution >= 0.6 is 0 Å². The van der Waals surface area contributed by atoms with Crippen molar-refractivity contribution in [2.24, 2.45) is 11.8 Å². The lowest BCUT2D eigenvalue weighted by atomic mass is 9.83. The second-order valence-corrected chi connectivity index (χ2v) is 6.97. The molecule has 4 atom stereocenters. The summed E-state index contributed by atoms with van der Waals surface area (Å²) >= 11 is 0. The van der Waals surface area contributed by atoms with E-state index in [2.05, 4.69) is 19.1 Å². The third-order valence-corrected chi connectivity index (χ3v) is 5.45. The summed E-state index contributed by atoms with van der Waals surface area (Å²) in [6.07, 6.45) is 5.82. The van der Waals surface area contributed by atoms with Crippen molar-refractivity contribution in [3.63, 3.8) is 0 Å². The monoisotopic (exact) mass is 328 g/mol. The summed E-state index contributed by atoms with van der Waals surface area (Å²) in [5.41, 5.74) is 5.08. The minimum Gasteiger partial charge on any atom is -0.458 e. The molecule has 128 valence electrons. The van der Waals surface area contributed by atoms with Crippen LogP contribution in [0.1, 0.15) is 41.0 Å². The first-order chi connectivity index (χ1) is 11.3. The Morgan fingerprint density at radius 1 is 1.33 bits per heavy atom. The van der Waals surface area contributed by atoms with E-state index in [1.807, 2.05) is 20.8 Å². The fourth-order valence-corrected chi connectivity index (χ4v) is 3.87. The molecule has 1 heterocycles. The van der Waals surface area contributed by atoms with Crippen LogP contribution in [0, 0.1) is 11.8 Å². The smallest absolute Gasteiger partial charge is 0.333 e. The summed E-state index contributed by atoms with van der Waals surface area (Å²) in [4.78, 5) is 24.5. The maximum atomic E-state index is 12.3. The van der Waals surface area contributed by atoms with E-state index in [0.717, 1.165) is 16.7 Å². The van der Waals surface area contributed by atoms with Crippen LogP contribution in [0.25, 0.3) is 0 Å². The molecule has 4 unspecified atom stereocenters. The molecule has 0 aromatic carbocycles. The van der Waals surface area contributed by atoms with Gasteiger partial charge in [0.15, 0.2) is 0 Å². The van der Waals surface area contributed by atoms with Crippen molar-refractivity contribution >= 4 is 11.9 Å². The van der Waals surface area contributed by atoms with Crippen LogP contribution in [0.2, 0.25) is 0 Å². The van der Waals surface area contributed by atoms with Crippen LogP contribution < -0.4 is 0 Å². The van der Waals surface area contributed by atoms with Gasteiger partial charge < -0.3 is 9.47 Å². The number of esters is 2. The SMILES string of the molecule is CC=C(C)C(=O)OC1CC(C)=C2C=CC(C)=C2C2OC(=O)C(C)C12. The molecule has 4 nitrogen and oxygen atoms in total. The Hall–Kier alpha value is -2.10. The zero-order valence-corrected chi connectivity index (χ0v) is 14.9. The van der Waals surface area contributed by atoms with Gasteiger partial charge in [-0.1, -0.05) is 30.7 Å². The highest BCUT2D eigenvalue weighted by atomic mass is 16.6. The average Bonchev–Trinajstić information content (AvgIpc) is 3.02. The molecule has 0 spiro atoms. The topological polar surface area (TPSA) is 52.6 Å². The molecular weight excluding hydrogens is 304 g/mol. The van der Waals surface area contributed by atoms with Crippen LogP contribution in [-0.4, -0.2) is 24.1 Å². The standard InChI is InChI=1S/C20H24O4/c1-6-10(2)19(21)23-15-9-12(4)14-8-7-11(3)16(14)18-17(15)13(5)20(22)24-18/h6-8,13,15,17-18H,9H2,1-5H3. The Kier molecular flexibility index (Phi) is 4.24. The summed E-state index contributed by atoms with van der Waals surface area (Å²) in [5.74, 6) is -0.964. The number of allylic oxidation sites excluding steroid dienone is 4. The highest BCUT2D eigenvalue weighted by molar-refractivity contribution is 5.88. The van der Waals surface area contributed by atoms with E-state index in [0.29, 0.717) is 12.0 Å². The summed E-state index contributed by atoms with van der Waals surface area (Å²) in [6.45, 7) is 9.53. The molecule has 0 aromatic heterocycles. The molecule has 1 fully saturated rings. The maximum absolute atomic E-state index is 12.3. The first-order valence-corrected chi connectivity index (χ1v) is 8.48. The van der Waals surface area contributed by atoms with Gasteiger partial charge in [-0.05, 0) is 38.8 Å². The second-order valence-electron chi connectivity index (χ2n) is 6.97. The Morgan fingerprint density at radius 3 is 2.71 bits per heavy atom. The van der Waals surface area contributed by atoms with Gasteiger partial charge in [-0.25, -0.2) is 4.79 Å². The minimum atomic E-state index is -0.356. The van der Waals surface area contributed by atoms with Gasteiger partial charge in [-0.2, -0.15) is 0 Å². The number of fused-ring (bicyclic) bond motifs is 3. The number of carbonyl (C=O) groups is 2. The van der Waals surface area contributed by atoms with Gasteiger partial charge in [0.1, 0.15) is 12.2 Å². The fraction of sp³-hybridized carbons (Fsp3) is 0.500. The molecule has 0 bridgehead atoms. The molecular formula is C20H24O4. The van der Waals surface area contributed by atoms with E-state index in [4.69, 9.17) is 9.47 Å². The average molecular weight is 328 g/mol. The highest BCUT2D eigenvalue weighted by Crippen LogP contribution is 2.46. The Bertz CT molecular complexity index is 720.